The van der Waals surface area contributed by atoms with Crippen molar-refractivity contribution >= 4 is 8.22 Å². The van der Waals surface area contributed by atoms with Gasteiger partial charge in [-0.25, -0.2) is 0 Å². The quantitative estimate of drug-likeness (QED) is 0.257. The SMILES string of the molecule is C=CCN(CC=C)P(CCCCC)N(CC=C)CC=C. The summed E-state index contributed by atoms with van der Waals surface area (Å²) in [4.78, 5) is 0. The van der Waals surface area contributed by atoms with Crippen LogP contribution < -0.4 is 0 Å². The Balaban J connectivity index is 4.93. The summed E-state index contributed by atoms with van der Waals surface area (Å²) in [6, 6.07) is 0. The minimum atomic E-state index is -0.341. The molecule has 20 heavy (non-hydrogen) atoms. The third-order valence-electron chi connectivity index (χ3n) is 2.97. The Morgan fingerprint density at radius 1 is 0.750 bits per heavy atom. The van der Waals surface area contributed by atoms with E-state index in [9.17, 15) is 0 Å². The fourth-order valence-electron chi connectivity index (χ4n) is 2.09. The average Bonchev–Trinajstić information content (AvgIpc) is 2.44. The van der Waals surface area contributed by atoms with Gasteiger partial charge in [0.15, 0.2) is 0 Å². The van der Waals surface area contributed by atoms with Crippen molar-refractivity contribution in [1.29, 1.82) is 0 Å². The van der Waals surface area contributed by atoms with E-state index >= 15 is 0 Å². The van der Waals surface area contributed by atoms with Crippen molar-refractivity contribution < 1.29 is 0 Å². The van der Waals surface area contributed by atoms with E-state index in [0.717, 1.165) is 26.2 Å². The Kier molecular flexibility index (Phi) is 12.8. The molecule has 0 N–H and O–H groups in total. The van der Waals surface area contributed by atoms with Crippen molar-refractivity contribution in [3.8, 4) is 0 Å². The average molecular weight is 294 g/mol. The predicted octanol–water partition coefficient (Wildman–Crippen LogP) is 4.84. The summed E-state index contributed by atoms with van der Waals surface area (Å²) in [6.45, 7) is 21.4. The summed E-state index contributed by atoms with van der Waals surface area (Å²) >= 11 is 0. The molecule has 0 aromatic heterocycles. The molecule has 0 saturated carbocycles. The molecule has 0 radical (unpaired) electrons. The molecule has 114 valence electrons. The normalized spacial score (nSPS) is 11.0. The van der Waals surface area contributed by atoms with Crippen LogP contribution in [0.3, 0.4) is 0 Å². The number of hydrogen-bond donors (Lipinski definition) is 0. The van der Waals surface area contributed by atoms with Crippen molar-refractivity contribution in [2.24, 2.45) is 0 Å². The Morgan fingerprint density at radius 2 is 1.15 bits per heavy atom. The van der Waals surface area contributed by atoms with Crippen LogP contribution in [0.2, 0.25) is 0 Å². The van der Waals surface area contributed by atoms with Crippen LogP contribution in [0, 0.1) is 0 Å². The molecule has 0 rings (SSSR count). The summed E-state index contributed by atoms with van der Waals surface area (Å²) in [5.74, 6) is 0. The monoisotopic (exact) mass is 294 g/mol. The van der Waals surface area contributed by atoms with Crippen LogP contribution in [-0.4, -0.2) is 41.7 Å². The largest absolute Gasteiger partial charge is 0.262 e. The Hall–Kier alpha value is -0.690. The number of unbranched alkanes of at least 4 members (excludes halogenated alkanes) is 2. The number of hydrogen-bond acceptors (Lipinski definition) is 2. The molecule has 2 nitrogen and oxygen atoms in total. The lowest BCUT2D eigenvalue weighted by Gasteiger charge is -2.38. The second kappa shape index (κ2) is 13.3. The molecule has 0 aromatic carbocycles. The zero-order valence-corrected chi connectivity index (χ0v) is 14.0. The fourth-order valence-corrected chi connectivity index (χ4v) is 4.73. The second-order valence-electron chi connectivity index (χ2n) is 4.70. The highest BCUT2D eigenvalue weighted by atomic mass is 31.1. The topological polar surface area (TPSA) is 6.48 Å². The van der Waals surface area contributed by atoms with Crippen LogP contribution in [0.4, 0.5) is 0 Å². The molecule has 0 atom stereocenters. The molecule has 0 aliphatic carbocycles. The van der Waals surface area contributed by atoms with Crippen molar-refractivity contribution in [3.63, 3.8) is 0 Å². The summed E-state index contributed by atoms with van der Waals surface area (Å²) in [7, 11) is -0.341. The Labute approximate surface area is 127 Å². The van der Waals surface area contributed by atoms with E-state index in [0.29, 0.717) is 0 Å². The lowest BCUT2D eigenvalue weighted by Crippen LogP contribution is -2.31. The fraction of sp³-hybridized carbons (Fsp3) is 0.529. The molecule has 0 heterocycles. The van der Waals surface area contributed by atoms with Crippen molar-refractivity contribution in [2.75, 3.05) is 32.3 Å². The highest BCUT2D eigenvalue weighted by Crippen LogP contribution is 2.45. The molecule has 0 spiro atoms. The summed E-state index contributed by atoms with van der Waals surface area (Å²) in [6.07, 6.45) is 13.0. The Morgan fingerprint density at radius 3 is 1.45 bits per heavy atom. The van der Waals surface area contributed by atoms with Gasteiger partial charge in [-0.05, 0) is 12.6 Å². The van der Waals surface area contributed by atoms with Crippen LogP contribution in [0.5, 0.6) is 0 Å². The lowest BCUT2D eigenvalue weighted by atomic mass is 10.3. The summed E-state index contributed by atoms with van der Waals surface area (Å²) in [5.41, 5.74) is 0. The minimum Gasteiger partial charge on any atom is -0.262 e. The van der Waals surface area contributed by atoms with E-state index in [1.165, 1.54) is 25.4 Å². The Bertz CT molecular complexity index is 245. The molecule has 0 aromatic rings. The number of nitrogens with zero attached hydrogens (tertiary/aromatic N) is 2. The molecule has 0 unspecified atom stereocenters. The van der Waals surface area contributed by atoms with Crippen molar-refractivity contribution in [2.45, 2.75) is 26.2 Å². The van der Waals surface area contributed by atoms with Crippen molar-refractivity contribution in [1.82, 2.24) is 9.34 Å². The van der Waals surface area contributed by atoms with Gasteiger partial charge in [0.1, 0.15) is 0 Å². The van der Waals surface area contributed by atoms with Gasteiger partial charge in [0.05, 0.1) is 0 Å². The highest BCUT2D eigenvalue weighted by Gasteiger charge is 2.22. The molecule has 0 saturated heterocycles. The molecular formula is C17H31N2P. The number of rotatable bonds is 14. The maximum absolute atomic E-state index is 3.89. The predicted molar refractivity (Wildman–Crippen MR) is 95.2 cm³/mol. The standard InChI is InChI=1S/C17H31N2P/c1-6-11-12-17-20(18(13-7-2)14-8-3)19(15-9-4)16-10-5/h7-10H,2-6,11-17H2,1H3. The first-order valence-electron chi connectivity index (χ1n) is 7.45. The van der Waals surface area contributed by atoms with Gasteiger partial charge in [0.25, 0.3) is 0 Å². The highest BCUT2D eigenvalue weighted by molar-refractivity contribution is 7.52. The van der Waals surface area contributed by atoms with Crippen molar-refractivity contribution in [3.05, 3.63) is 50.6 Å². The summed E-state index contributed by atoms with van der Waals surface area (Å²) in [5, 5.41) is 0. The van der Waals surface area contributed by atoms with Gasteiger partial charge in [-0.1, -0.05) is 44.1 Å². The molecule has 0 bridgehead atoms. The van der Waals surface area contributed by atoms with Gasteiger partial charge >= 0.3 is 0 Å². The van der Waals surface area contributed by atoms with Gasteiger partial charge < -0.3 is 0 Å². The third-order valence-corrected chi connectivity index (χ3v) is 5.65. The van der Waals surface area contributed by atoms with E-state index in [4.69, 9.17) is 0 Å². The summed E-state index contributed by atoms with van der Waals surface area (Å²) < 4.78 is 4.97. The van der Waals surface area contributed by atoms with Crippen LogP contribution in [-0.2, 0) is 0 Å². The maximum Gasteiger partial charge on any atom is 0.0406 e. The van der Waals surface area contributed by atoms with Gasteiger partial charge in [0.2, 0.25) is 0 Å². The van der Waals surface area contributed by atoms with Crippen LogP contribution >= 0.6 is 8.22 Å². The van der Waals surface area contributed by atoms with Gasteiger partial charge in [0, 0.05) is 34.4 Å². The molecule has 0 aliphatic rings. The lowest BCUT2D eigenvalue weighted by molar-refractivity contribution is 0.465. The molecule has 3 heteroatoms. The van der Waals surface area contributed by atoms with Crippen LogP contribution in [0.1, 0.15) is 26.2 Å². The maximum atomic E-state index is 3.89. The van der Waals surface area contributed by atoms with Gasteiger partial charge in [-0.3, -0.25) is 9.34 Å². The van der Waals surface area contributed by atoms with Crippen LogP contribution in [0.25, 0.3) is 0 Å². The first kappa shape index (κ1) is 19.3. The van der Waals surface area contributed by atoms with E-state index in [1.54, 1.807) is 0 Å². The molecule has 0 amide bonds. The first-order valence-corrected chi connectivity index (χ1v) is 8.89. The van der Waals surface area contributed by atoms with Crippen LogP contribution in [0.15, 0.2) is 50.6 Å². The van der Waals surface area contributed by atoms with Gasteiger partial charge in [-0.2, -0.15) is 0 Å². The zero-order valence-electron chi connectivity index (χ0n) is 13.1. The van der Waals surface area contributed by atoms with E-state index in [2.05, 4.69) is 42.6 Å². The third kappa shape index (κ3) is 7.79. The smallest absolute Gasteiger partial charge is 0.0406 e. The second-order valence-corrected chi connectivity index (χ2v) is 7.02. The van der Waals surface area contributed by atoms with Gasteiger partial charge in [-0.15, -0.1) is 26.3 Å². The molecule has 0 fully saturated rings. The van der Waals surface area contributed by atoms with E-state index < -0.39 is 0 Å². The zero-order chi connectivity index (χ0) is 15.2. The molecular weight excluding hydrogens is 263 g/mol. The molecule has 0 aliphatic heterocycles. The van der Waals surface area contributed by atoms with E-state index in [-0.39, 0.29) is 8.22 Å². The minimum absolute atomic E-state index is 0.341. The van der Waals surface area contributed by atoms with E-state index in [1.807, 2.05) is 24.3 Å². The first-order chi connectivity index (χ1) is 9.74.